The first-order valence-electron chi connectivity index (χ1n) is 6.90. The smallest absolute Gasteiger partial charge is 0.260 e. The van der Waals surface area contributed by atoms with Gasteiger partial charge < -0.3 is 14.5 Å². The molecule has 1 heterocycles. The Hall–Kier alpha value is -1.95. The minimum atomic E-state index is -0.803. The van der Waals surface area contributed by atoms with E-state index in [1.54, 1.807) is 4.90 Å². The highest BCUT2D eigenvalue weighted by molar-refractivity contribution is 5.77. The number of piperazine rings is 1. The summed E-state index contributed by atoms with van der Waals surface area (Å²) in [5.41, 5.74) is 0. The molecule has 0 bridgehead atoms. The molecule has 0 aliphatic carbocycles. The van der Waals surface area contributed by atoms with Crippen molar-refractivity contribution in [2.75, 3.05) is 39.3 Å². The first kappa shape index (κ1) is 15.4. The van der Waals surface area contributed by atoms with Crippen LogP contribution in [-0.2, 0) is 4.79 Å². The molecule has 1 aromatic rings. The average Bonchev–Trinajstić information content (AvgIpc) is 2.47. The van der Waals surface area contributed by atoms with E-state index in [9.17, 15) is 13.6 Å². The summed E-state index contributed by atoms with van der Waals surface area (Å²) in [6, 6.07) is 3.02. The molecule has 1 aliphatic heterocycles. The van der Waals surface area contributed by atoms with Crippen LogP contribution in [0.15, 0.2) is 30.9 Å². The molecule has 2 rings (SSSR count). The van der Waals surface area contributed by atoms with Crippen molar-refractivity contribution in [3.63, 3.8) is 0 Å². The summed E-state index contributed by atoms with van der Waals surface area (Å²) in [5, 5.41) is 0. The predicted octanol–water partition coefficient (Wildman–Crippen LogP) is 0.257. The number of carbonyl (C=O) groups excluding carboxylic acids is 1. The lowest BCUT2D eigenvalue weighted by molar-refractivity contribution is -0.898. The normalized spacial score (nSPS) is 15.8. The fourth-order valence-corrected chi connectivity index (χ4v) is 2.30. The third kappa shape index (κ3) is 4.26. The molecule has 0 radical (unpaired) electrons. The zero-order valence-electron chi connectivity index (χ0n) is 11.8. The molecule has 114 valence electrons. The number of quaternary nitrogens is 1. The van der Waals surface area contributed by atoms with Crippen LogP contribution in [0.4, 0.5) is 8.78 Å². The fourth-order valence-electron chi connectivity index (χ4n) is 2.30. The number of benzene rings is 1. The molecule has 0 unspecified atom stereocenters. The lowest BCUT2D eigenvalue weighted by Gasteiger charge is -2.31. The Kier molecular flexibility index (Phi) is 5.27. The maximum atomic E-state index is 13.4. The minimum absolute atomic E-state index is 0.110. The van der Waals surface area contributed by atoms with E-state index in [0.29, 0.717) is 13.1 Å². The van der Waals surface area contributed by atoms with Gasteiger partial charge in [-0.15, -0.1) is 0 Å². The molecule has 21 heavy (non-hydrogen) atoms. The molecule has 1 aliphatic rings. The molecule has 0 spiro atoms. The van der Waals surface area contributed by atoms with Gasteiger partial charge in [-0.3, -0.25) is 4.79 Å². The van der Waals surface area contributed by atoms with Crippen LogP contribution in [0.2, 0.25) is 0 Å². The van der Waals surface area contributed by atoms with Crippen LogP contribution < -0.4 is 9.64 Å². The second-order valence-electron chi connectivity index (χ2n) is 4.99. The highest BCUT2D eigenvalue weighted by Gasteiger charge is 2.23. The maximum absolute atomic E-state index is 13.4. The summed E-state index contributed by atoms with van der Waals surface area (Å²) in [7, 11) is 0. The summed E-state index contributed by atoms with van der Waals surface area (Å²) in [4.78, 5) is 15.1. The van der Waals surface area contributed by atoms with Crippen molar-refractivity contribution in [1.29, 1.82) is 0 Å². The Balaban J connectivity index is 1.81. The van der Waals surface area contributed by atoms with Crippen molar-refractivity contribution in [3.05, 3.63) is 42.5 Å². The Morgan fingerprint density at radius 2 is 2.10 bits per heavy atom. The number of hydrogen-bond acceptors (Lipinski definition) is 2. The van der Waals surface area contributed by atoms with Crippen LogP contribution in [0.25, 0.3) is 0 Å². The third-order valence-electron chi connectivity index (χ3n) is 3.50. The molecule has 1 fully saturated rings. The van der Waals surface area contributed by atoms with Gasteiger partial charge in [-0.05, 0) is 18.2 Å². The van der Waals surface area contributed by atoms with E-state index < -0.39 is 11.6 Å². The number of carbonyl (C=O) groups is 1. The zero-order valence-corrected chi connectivity index (χ0v) is 11.8. The van der Waals surface area contributed by atoms with Gasteiger partial charge in [0.05, 0.1) is 32.7 Å². The number of hydrogen-bond donors (Lipinski definition) is 1. The van der Waals surface area contributed by atoms with Gasteiger partial charge in [-0.2, -0.15) is 0 Å². The highest BCUT2D eigenvalue weighted by Crippen LogP contribution is 2.17. The lowest BCUT2D eigenvalue weighted by atomic mass is 10.3. The Morgan fingerprint density at radius 3 is 2.71 bits per heavy atom. The summed E-state index contributed by atoms with van der Waals surface area (Å²) < 4.78 is 31.3. The van der Waals surface area contributed by atoms with E-state index in [0.717, 1.165) is 31.8 Å². The molecule has 1 saturated heterocycles. The third-order valence-corrected chi connectivity index (χ3v) is 3.50. The van der Waals surface area contributed by atoms with Gasteiger partial charge in [-0.1, -0.05) is 6.58 Å². The standard InChI is InChI=1S/C15H18F2N2O2/c1-2-5-18-6-8-19(9-7-18)15(20)11-21-14-4-3-12(16)10-13(14)17/h2-4,10H,1,5-9,11H2/p+1. The fraction of sp³-hybridized carbons (Fsp3) is 0.400. The summed E-state index contributed by atoms with van der Waals surface area (Å²) in [5.74, 6) is -1.77. The first-order chi connectivity index (χ1) is 10.1. The molecular formula is C15H19F2N2O2+. The topological polar surface area (TPSA) is 34.0 Å². The maximum Gasteiger partial charge on any atom is 0.260 e. The van der Waals surface area contributed by atoms with E-state index in [-0.39, 0.29) is 18.3 Å². The van der Waals surface area contributed by atoms with Gasteiger partial charge >= 0.3 is 0 Å². The molecular weight excluding hydrogens is 278 g/mol. The van der Waals surface area contributed by atoms with Gasteiger partial charge in [0.15, 0.2) is 18.2 Å². The Labute approximate surface area is 122 Å². The van der Waals surface area contributed by atoms with Crippen molar-refractivity contribution in [2.45, 2.75) is 0 Å². The molecule has 0 saturated carbocycles. The molecule has 4 nitrogen and oxygen atoms in total. The number of halogens is 2. The summed E-state index contributed by atoms with van der Waals surface area (Å²) in [6.45, 7) is 7.38. The van der Waals surface area contributed by atoms with E-state index in [1.165, 1.54) is 11.0 Å². The van der Waals surface area contributed by atoms with Crippen molar-refractivity contribution < 1.29 is 23.2 Å². The SMILES string of the molecule is C=CC[NH+]1CCN(C(=O)COc2ccc(F)cc2F)CC1. The van der Waals surface area contributed by atoms with Gasteiger partial charge in [0, 0.05) is 6.07 Å². The summed E-state index contributed by atoms with van der Waals surface area (Å²) >= 11 is 0. The van der Waals surface area contributed by atoms with E-state index in [1.807, 2.05) is 6.08 Å². The minimum Gasteiger partial charge on any atom is -0.481 e. The second-order valence-corrected chi connectivity index (χ2v) is 4.99. The van der Waals surface area contributed by atoms with Crippen LogP contribution in [0.3, 0.4) is 0 Å². The van der Waals surface area contributed by atoms with Crippen molar-refractivity contribution in [2.24, 2.45) is 0 Å². The van der Waals surface area contributed by atoms with Crippen LogP contribution in [0, 0.1) is 11.6 Å². The quantitative estimate of drug-likeness (QED) is 0.791. The molecule has 1 amide bonds. The molecule has 1 N–H and O–H groups in total. The number of rotatable bonds is 5. The van der Waals surface area contributed by atoms with Crippen LogP contribution in [-0.4, -0.2) is 50.1 Å². The Morgan fingerprint density at radius 1 is 1.38 bits per heavy atom. The van der Waals surface area contributed by atoms with Crippen LogP contribution in [0.1, 0.15) is 0 Å². The zero-order chi connectivity index (χ0) is 15.2. The van der Waals surface area contributed by atoms with Crippen molar-refractivity contribution >= 4 is 5.91 Å². The van der Waals surface area contributed by atoms with Crippen LogP contribution >= 0.6 is 0 Å². The largest absolute Gasteiger partial charge is 0.481 e. The van der Waals surface area contributed by atoms with E-state index in [4.69, 9.17) is 4.74 Å². The Bertz CT molecular complexity index is 514. The lowest BCUT2D eigenvalue weighted by Crippen LogP contribution is -3.14. The van der Waals surface area contributed by atoms with E-state index in [2.05, 4.69) is 6.58 Å². The van der Waals surface area contributed by atoms with Gasteiger partial charge in [0.2, 0.25) is 0 Å². The second kappa shape index (κ2) is 7.17. The molecule has 0 aromatic heterocycles. The molecule has 0 atom stereocenters. The molecule has 6 heteroatoms. The monoisotopic (exact) mass is 297 g/mol. The number of ether oxygens (including phenoxy) is 1. The average molecular weight is 297 g/mol. The number of nitrogens with zero attached hydrogens (tertiary/aromatic N) is 1. The predicted molar refractivity (Wildman–Crippen MR) is 74.2 cm³/mol. The van der Waals surface area contributed by atoms with Crippen molar-refractivity contribution in [3.8, 4) is 5.75 Å². The van der Waals surface area contributed by atoms with E-state index >= 15 is 0 Å². The highest BCUT2D eigenvalue weighted by atomic mass is 19.1. The first-order valence-corrected chi connectivity index (χ1v) is 6.90. The van der Waals surface area contributed by atoms with Gasteiger partial charge in [0.1, 0.15) is 5.82 Å². The molecule has 1 aromatic carbocycles. The van der Waals surface area contributed by atoms with Gasteiger partial charge in [0.25, 0.3) is 5.91 Å². The summed E-state index contributed by atoms with van der Waals surface area (Å²) in [6.07, 6.45) is 1.87. The van der Waals surface area contributed by atoms with Crippen molar-refractivity contribution in [1.82, 2.24) is 4.90 Å². The van der Waals surface area contributed by atoms with Crippen LogP contribution in [0.5, 0.6) is 5.75 Å². The number of amides is 1. The van der Waals surface area contributed by atoms with Gasteiger partial charge in [-0.25, -0.2) is 8.78 Å². The number of nitrogens with one attached hydrogen (secondary N) is 1.